The molecule has 1 aliphatic heterocycles. The largest absolute Gasteiger partial charge is 0.492 e. The quantitative estimate of drug-likeness (QED) is 0.798. The number of halogens is 3. The third-order valence-electron chi connectivity index (χ3n) is 3.71. The lowest BCUT2D eigenvalue weighted by Crippen LogP contribution is -2.34. The zero-order valence-electron chi connectivity index (χ0n) is 13.6. The van der Waals surface area contributed by atoms with E-state index in [9.17, 15) is 9.18 Å². The second-order valence-corrected chi connectivity index (χ2v) is 6.12. The zero-order chi connectivity index (χ0) is 18.8. The summed E-state index contributed by atoms with van der Waals surface area (Å²) in [7, 11) is 1.30. The van der Waals surface area contributed by atoms with Gasteiger partial charge in [0.25, 0.3) is 5.91 Å². The molecule has 1 aromatic heterocycles. The third-order valence-corrected chi connectivity index (χ3v) is 4.40. The number of hydrogen-bond donors (Lipinski definition) is 1. The number of nitrogen functional groups attached to an aromatic ring is 1. The summed E-state index contributed by atoms with van der Waals surface area (Å²) in [5.41, 5.74) is 6.04. The normalized spacial score (nSPS) is 13.8. The minimum absolute atomic E-state index is 0.0294. The highest BCUT2D eigenvalue weighted by Gasteiger charge is 2.25. The molecule has 2 aromatic rings. The van der Waals surface area contributed by atoms with Crippen LogP contribution in [0.1, 0.15) is 10.5 Å². The van der Waals surface area contributed by atoms with Crippen LogP contribution in [0.5, 0.6) is 5.75 Å². The van der Waals surface area contributed by atoms with Crippen LogP contribution in [0.3, 0.4) is 0 Å². The van der Waals surface area contributed by atoms with Gasteiger partial charge in [-0.05, 0) is 18.2 Å². The fraction of sp³-hybridized carbons (Fsp3) is 0.176. The molecule has 1 amide bonds. The van der Waals surface area contributed by atoms with Gasteiger partial charge in [-0.2, -0.15) is 0 Å². The molecule has 1 aliphatic rings. The first-order valence-corrected chi connectivity index (χ1v) is 8.27. The molecule has 136 valence electrons. The Balaban J connectivity index is 2.09. The predicted octanol–water partition coefficient (Wildman–Crippen LogP) is 3.73. The van der Waals surface area contributed by atoms with Crippen molar-refractivity contribution in [2.45, 2.75) is 0 Å². The monoisotopic (exact) mass is 397 g/mol. The molecule has 0 atom stereocenters. The van der Waals surface area contributed by atoms with Gasteiger partial charge in [0.15, 0.2) is 17.3 Å². The van der Waals surface area contributed by atoms with Crippen molar-refractivity contribution >= 4 is 34.8 Å². The van der Waals surface area contributed by atoms with E-state index in [-0.39, 0.29) is 51.6 Å². The Morgan fingerprint density at radius 1 is 1.38 bits per heavy atom. The van der Waals surface area contributed by atoms with E-state index in [4.69, 9.17) is 38.5 Å². The molecular weight excluding hydrogens is 384 g/mol. The first kappa shape index (κ1) is 18.4. The highest BCUT2D eigenvalue weighted by molar-refractivity contribution is 6.36. The van der Waals surface area contributed by atoms with E-state index < -0.39 is 11.7 Å². The maximum Gasteiger partial charge on any atom is 0.297 e. The van der Waals surface area contributed by atoms with Gasteiger partial charge in [-0.1, -0.05) is 35.4 Å². The molecule has 0 unspecified atom stereocenters. The van der Waals surface area contributed by atoms with Crippen LogP contribution in [0.25, 0.3) is 11.3 Å². The van der Waals surface area contributed by atoms with Crippen molar-refractivity contribution in [2.24, 2.45) is 0 Å². The Morgan fingerprint density at radius 2 is 2.15 bits per heavy atom. The number of hydrogen-bond acceptors (Lipinski definition) is 5. The Hall–Kier alpha value is -2.35. The lowest BCUT2D eigenvalue weighted by Gasteiger charge is -2.23. The van der Waals surface area contributed by atoms with Crippen LogP contribution in [0.2, 0.25) is 10.0 Å². The molecule has 3 rings (SSSR count). The molecule has 0 aliphatic carbocycles. The van der Waals surface area contributed by atoms with E-state index >= 15 is 0 Å². The number of benzene rings is 1. The zero-order valence-corrected chi connectivity index (χ0v) is 15.1. The fourth-order valence-corrected chi connectivity index (χ4v) is 2.83. The van der Waals surface area contributed by atoms with Crippen molar-refractivity contribution in [2.75, 3.05) is 26.0 Å². The number of anilines is 1. The number of amides is 1. The number of nitrogens with two attached hydrogens (primary N) is 1. The number of rotatable bonds is 3. The molecule has 1 aromatic carbocycles. The van der Waals surface area contributed by atoms with Crippen molar-refractivity contribution in [3.63, 3.8) is 0 Å². The van der Waals surface area contributed by atoms with Crippen molar-refractivity contribution in [1.82, 2.24) is 10.0 Å². The molecule has 9 heteroatoms. The van der Waals surface area contributed by atoms with Crippen LogP contribution < -0.4 is 10.5 Å². The standard InChI is InChI=1S/C17H14Cl2FN3O3/c1-25-16-10(18)5-4-9(14(16)20)12-8-11(21)13(19)15(22-12)17(24)23-6-2-3-7-26-23/h2-5,8H,6-7H2,1H3,(H2,21,22). The summed E-state index contributed by atoms with van der Waals surface area (Å²) in [6.07, 6.45) is 3.55. The summed E-state index contributed by atoms with van der Waals surface area (Å²) >= 11 is 12.1. The Morgan fingerprint density at radius 3 is 2.81 bits per heavy atom. The van der Waals surface area contributed by atoms with Gasteiger partial charge < -0.3 is 10.5 Å². The van der Waals surface area contributed by atoms with Gasteiger partial charge in [0.1, 0.15) is 0 Å². The van der Waals surface area contributed by atoms with Crippen molar-refractivity contribution < 1.29 is 18.8 Å². The molecule has 0 bridgehead atoms. The van der Waals surface area contributed by atoms with Crippen molar-refractivity contribution in [1.29, 1.82) is 0 Å². The van der Waals surface area contributed by atoms with E-state index in [0.29, 0.717) is 0 Å². The second kappa shape index (κ2) is 7.49. The Bertz CT molecular complexity index is 905. The number of hydroxylamine groups is 2. The molecule has 0 spiro atoms. The Labute approximate surface area is 158 Å². The number of pyridine rings is 1. The number of carbonyl (C=O) groups is 1. The van der Waals surface area contributed by atoms with Gasteiger partial charge in [0, 0.05) is 5.56 Å². The number of methoxy groups -OCH3 is 1. The molecule has 6 nitrogen and oxygen atoms in total. The topological polar surface area (TPSA) is 77.7 Å². The van der Waals surface area contributed by atoms with Gasteiger partial charge >= 0.3 is 0 Å². The second-order valence-electron chi connectivity index (χ2n) is 5.33. The average molecular weight is 398 g/mol. The maximum absolute atomic E-state index is 14.7. The highest BCUT2D eigenvalue weighted by Crippen LogP contribution is 2.36. The van der Waals surface area contributed by atoms with Gasteiger partial charge in [0.2, 0.25) is 0 Å². The predicted molar refractivity (Wildman–Crippen MR) is 96.7 cm³/mol. The fourth-order valence-electron chi connectivity index (χ4n) is 2.43. The molecule has 2 N–H and O–H groups in total. The van der Waals surface area contributed by atoms with Gasteiger partial charge in [-0.3, -0.25) is 9.63 Å². The van der Waals surface area contributed by atoms with Gasteiger partial charge in [-0.25, -0.2) is 14.4 Å². The number of aromatic nitrogens is 1. The first-order chi connectivity index (χ1) is 12.4. The highest BCUT2D eigenvalue weighted by atomic mass is 35.5. The van der Waals surface area contributed by atoms with Crippen molar-refractivity contribution in [3.8, 4) is 17.0 Å². The van der Waals surface area contributed by atoms with Gasteiger partial charge in [-0.15, -0.1) is 0 Å². The average Bonchev–Trinajstić information content (AvgIpc) is 2.64. The SMILES string of the molecule is COc1c(Cl)ccc(-c2cc(N)c(Cl)c(C(=O)N3CC=CCO3)n2)c1F. The summed E-state index contributed by atoms with van der Waals surface area (Å²) in [5, 5.41) is 1.19. The summed E-state index contributed by atoms with van der Waals surface area (Å²) in [4.78, 5) is 22.1. The molecule has 26 heavy (non-hydrogen) atoms. The summed E-state index contributed by atoms with van der Waals surface area (Å²) in [6, 6.07) is 4.26. The smallest absolute Gasteiger partial charge is 0.297 e. The summed E-state index contributed by atoms with van der Waals surface area (Å²) < 4.78 is 19.7. The maximum atomic E-state index is 14.7. The molecule has 0 fully saturated rings. The summed E-state index contributed by atoms with van der Waals surface area (Å²) in [6.45, 7) is 0.492. The minimum atomic E-state index is -0.718. The van der Waals surface area contributed by atoms with Crippen LogP contribution in [0.4, 0.5) is 10.1 Å². The van der Waals surface area contributed by atoms with E-state index in [2.05, 4.69) is 4.98 Å². The number of carbonyl (C=O) groups excluding carboxylic acids is 1. The van der Waals surface area contributed by atoms with Crippen LogP contribution in [-0.4, -0.2) is 36.2 Å². The van der Waals surface area contributed by atoms with E-state index in [1.165, 1.54) is 25.3 Å². The van der Waals surface area contributed by atoms with Gasteiger partial charge in [0.05, 0.1) is 41.7 Å². The molecule has 2 heterocycles. The van der Waals surface area contributed by atoms with E-state index in [1.807, 2.05) is 0 Å². The molecular formula is C17H14Cl2FN3O3. The number of nitrogens with zero attached hydrogens (tertiary/aromatic N) is 2. The first-order valence-electron chi connectivity index (χ1n) is 7.52. The number of ether oxygens (including phenoxy) is 1. The molecule has 0 radical (unpaired) electrons. The van der Waals surface area contributed by atoms with Crippen LogP contribution in [0, 0.1) is 5.82 Å². The lowest BCUT2D eigenvalue weighted by atomic mass is 10.1. The minimum Gasteiger partial charge on any atom is -0.492 e. The Kier molecular flexibility index (Phi) is 5.31. The van der Waals surface area contributed by atoms with E-state index in [1.54, 1.807) is 12.2 Å². The molecule has 0 saturated carbocycles. The molecule has 0 saturated heterocycles. The van der Waals surface area contributed by atoms with E-state index in [0.717, 1.165) is 5.06 Å². The van der Waals surface area contributed by atoms with Crippen LogP contribution in [-0.2, 0) is 4.84 Å². The van der Waals surface area contributed by atoms with Crippen molar-refractivity contribution in [3.05, 3.63) is 51.9 Å². The third kappa shape index (κ3) is 3.33. The summed E-state index contributed by atoms with van der Waals surface area (Å²) in [5.74, 6) is -1.42. The van der Waals surface area contributed by atoms with Crippen LogP contribution in [0.15, 0.2) is 30.4 Å². The lowest BCUT2D eigenvalue weighted by molar-refractivity contribution is -0.111. The van der Waals surface area contributed by atoms with Crippen LogP contribution >= 0.6 is 23.2 Å².